The van der Waals surface area contributed by atoms with Gasteiger partial charge in [0, 0.05) is 17.3 Å². The Hall–Kier alpha value is -1.51. The molecule has 20 heavy (non-hydrogen) atoms. The molecule has 3 heteroatoms. The smallest absolute Gasteiger partial charge is 0.251 e. The number of amides is 1. The van der Waals surface area contributed by atoms with E-state index in [2.05, 4.69) is 12.2 Å². The minimum Gasteiger partial charge on any atom is -0.398 e. The molecule has 0 aliphatic heterocycles. The number of hydrogen-bond donors (Lipinski definition) is 2. The summed E-state index contributed by atoms with van der Waals surface area (Å²) < 4.78 is 0. The number of nitrogens with one attached hydrogen (secondary N) is 1. The Bertz CT molecular complexity index is 462. The second kappa shape index (κ2) is 6.78. The van der Waals surface area contributed by atoms with E-state index in [1.165, 1.54) is 25.7 Å². The fourth-order valence-corrected chi connectivity index (χ4v) is 3.05. The molecule has 0 atom stereocenters. The topological polar surface area (TPSA) is 55.1 Å². The number of nitrogens with two attached hydrogens (primary N) is 1. The highest BCUT2D eigenvalue weighted by molar-refractivity contribution is 5.95. The molecular weight excluding hydrogens is 248 g/mol. The van der Waals surface area contributed by atoms with Gasteiger partial charge in [-0.2, -0.15) is 0 Å². The lowest BCUT2D eigenvalue weighted by Gasteiger charge is -2.29. The van der Waals surface area contributed by atoms with E-state index in [1.807, 2.05) is 19.1 Å². The quantitative estimate of drug-likeness (QED) is 0.823. The summed E-state index contributed by atoms with van der Waals surface area (Å²) in [7, 11) is 0. The molecule has 0 unspecified atom stereocenters. The van der Waals surface area contributed by atoms with Gasteiger partial charge in [-0.15, -0.1) is 0 Å². The van der Waals surface area contributed by atoms with Crippen molar-refractivity contribution in [3.63, 3.8) is 0 Å². The van der Waals surface area contributed by atoms with Gasteiger partial charge in [0.05, 0.1) is 0 Å². The van der Waals surface area contributed by atoms with Crippen LogP contribution in [0.2, 0.25) is 0 Å². The molecule has 2 rings (SSSR count). The molecule has 1 aliphatic carbocycles. The minimum absolute atomic E-state index is 0.00985. The number of aryl methyl sites for hydroxylation is 1. The molecule has 0 bridgehead atoms. The number of nitrogen functional groups attached to an aromatic ring is 1. The van der Waals surface area contributed by atoms with Gasteiger partial charge in [-0.3, -0.25) is 4.79 Å². The predicted molar refractivity (Wildman–Crippen MR) is 83.7 cm³/mol. The molecule has 1 aromatic carbocycles. The fraction of sp³-hybridized carbons (Fsp3) is 0.588. The SMILES string of the molecule is CCCC1CCC(NC(=O)c2ccc(C)c(N)c2)CC1. The van der Waals surface area contributed by atoms with Gasteiger partial charge in [-0.05, 0) is 56.2 Å². The number of carbonyl (C=O) groups excluding carboxylic acids is 1. The Morgan fingerprint density at radius 2 is 2.00 bits per heavy atom. The lowest BCUT2D eigenvalue weighted by atomic mass is 9.83. The molecule has 0 spiro atoms. The molecule has 3 nitrogen and oxygen atoms in total. The first kappa shape index (κ1) is 14.9. The van der Waals surface area contributed by atoms with E-state index in [0.717, 1.165) is 24.3 Å². The highest BCUT2D eigenvalue weighted by Gasteiger charge is 2.22. The third-order valence-corrected chi connectivity index (χ3v) is 4.42. The summed E-state index contributed by atoms with van der Waals surface area (Å²) in [6.45, 7) is 4.20. The first-order chi connectivity index (χ1) is 9.60. The van der Waals surface area contributed by atoms with Crippen molar-refractivity contribution >= 4 is 11.6 Å². The zero-order chi connectivity index (χ0) is 14.5. The summed E-state index contributed by atoms with van der Waals surface area (Å²) in [4.78, 5) is 12.2. The third-order valence-electron chi connectivity index (χ3n) is 4.42. The van der Waals surface area contributed by atoms with Crippen molar-refractivity contribution in [3.05, 3.63) is 29.3 Å². The van der Waals surface area contributed by atoms with Crippen molar-refractivity contribution in [2.75, 3.05) is 5.73 Å². The van der Waals surface area contributed by atoms with E-state index in [4.69, 9.17) is 5.73 Å². The van der Waals surface area contributed by atoms with E-state index >= 15 is 0 Å². The highest BCUT2D eigenvalue weighted by atomic mass is 16.1. The molecule has 0 heterocycles. The molecule has 1 aliphatic rings. The lowest BCUT2D eigenvalue weighted by molar-refractivity contribution is 0.0921. The molecule has 1 fully saturated rings. The van der Waals surface area contributed by atoms with Crippen LogP contribution < -0.4 is 11.1 Å². The Morgan fingerprint density at radius 3 is 2.60 bits per heavy atom. The first-order valence-corrected chi connectivity index (χ1v) is 7.77. The van der Waals surface area contributed by atoms with Crippen molar-refractivity contribution in [2.24, 2.45) is 5.92 Å². The average Bonchev–Trinajstić information content (AvgIpc) is 2.44. The van der Waals surface area contributed by atoms with Gasteiger partial charge >= 0.3 is 0 Å². The summed E-state index contributed by atoms with van der Waals surface area (Å²) in [6.07, 6.45) is 7.30. The van der Waals surface area contributed by atoms with Crippen molar-refractivity contribution in [2.45, 2.75) is 58.4 Å². The number of anilines is 1. The molecule has 1 saturated carbocycles. The normalized spacial score (nSPS) is 22.5. The molecule has 1 amide bonds. The third kappa shape index (κ3) is 3.75. The monoisotopic (exact) mass is 274 g/mol. The summed E-state index contributed by atoms with van der Waals surface area (Å²) in [5, 5.41) is 3.15. The van der Waals surface area contributed by atoms with Crippen LogP contribution in [0.1, 0.15) is 61.4 Å². The van der Waals surface area contributed by atoms with Crippen LogP contribution >= 0.6 is 0 Å². The molecule has 0 radical (unpaired) electrons. The number of hydrogen-bond acceptors (Lipinski definition) is 2. The summed E-state index contributed by atoms with van der Waals surface area (Å²) >= 11 is 0. The van der Waals surface area contributed by atoms with Crippen molar-refractivity contribution in [3.8, 4) is 0 Å². The molecule has 0 saturated heterocycles. The molecule has 110 valence electrons. The molecular formula is C17H26N2O. The van der Waals surface area contributed by atoms with Crippen LogP contribution in [0.15, 0.2) is 18.2 Å². The molecule has 3 N–H and O–H groups in total. The maximum absolute atomic E-state index is 12.2. The second-order valence-corrected chi connectivity index (χ2v) is 6.05. The van der Waals surface area contributed by atoms with Gasteiger partial charge in [0.1, 0.15) is 0 Å². The van der Waals surface area contributed by atoms with Gasteiger partial charge in [-0.1, -0.05) is 25.8 Å². The maximum atomic E-state index is 12.2. The lowest BCUT2D eigenvalue weighted by Crippen LogP contribution is -2.37. The van der Waals surface area contributed by atoms with Crippen LogP contribution in [-0.2, 0) is 0 Å². The van der Waals surface area contributed by atoms with Crippen LogP contribution in [-0.4, -0.2) is 11.9 Å². The molecule has 0 aromatic heterocycles. The first-order valence-electron chi connectivity index (χ1n) is 7.77. The van der Waals surface area contributed by atoms with E-state index in [9.17, 15) is 4.79 Å². The summed E-state index contributed by atoms with van der Waals surface area (Å²) in [5.41, 5.74) is 8.23. The number of rotatable bonds is 4. The van der Waals surface area contributed by atoms with E-state index in [0.29, 0.717) is 17.3 Å². The van der Waals surface area contributed by atoms with Gasteiger partial charge in [0.15, 0.2) is 0 Å². The van der Waals surface area contributed by atoms with Crippen LogP contribution in [0, 0.1) is 12.8 Å². The van der Waals surface area contributed by atoms with Crippen LogP contribution in [0.25, 0.3) is 0 Å². The Morgan fingerprint density at radius 1 is 1.30 bits per heavy atom. The van der Waals surface area contributed by atoms with Gasteiger partial charge in [0.2, 0.25) is 0 Å². The highest BCUT2D eigenvalue weighted by Crippen LogP contribution is 2.27. The van der Waals surface area contributed by atoms with E-state index < -0.39 is 0 Å². The summed E-state index contributed by atoms with van der Waals surface area (Å²) in [5.74, 6) is 0.874. The van der Waals surface area contributed by atoms with Crippen molar-refractivity contribution in [1.82, 2.24) is 5.32 Å². The number of carbonyl (C=O) groups is 1. The largest absolute Gasteiger partial charge is 0.398 e. The zero-order valence-corrected chi connectivity index (χ0v) is 12.6. The van der Waals surface area contributed by atoms with E-state index in [1.54, 1.807) is 6.07 Å². The zero-order valence-electron chi connectivity index (χ0n) is 12.6. The van der Waals surface area contributed by atoms with Crippen molar-refractivity contribution < 1.29 is 4.79 Å². The Labute approximate surface area is 121 Å². The Kier molecular flexibility index (Phi) is 5.05. The fourth-order valence-electron chi connectivity index (χ4n) is 3.05. The minimum atomic E-state index is 0.00985. The Balaban J connectivity index is 1.87. The van der Waals surface area contributed by atoms with E-state index in [-0.39, 0.29) is 5.91 Å². The van der Waals surface area contributed by atoms with Crippen LogP contribution in [0.5, 0.6) is 0 Å². The van der Waals surface area contributed by atoms with Crippen LogP contribution in [0.3, 0.4) is 0 Å². The standard InChI is InChI=1S/C17H26N2O/c1-3-4-13-6-9-15(10-7-13)19-17(20)14-8-5-12(2)16(18)11-14/h5,8,11,13,15H,3-4,6-7,9-10,18H2,1-2H3,(H,19,20). The second-order valence-electron chi connectivity index (χ2n) is 6.05. The van der Waals surface area contributed by atoms with Gasteiger partial charge < -0.3 is 11.1 Å². The number of benzene rings is 1. The van der Waals surface area contributed by atoms with Gasteiger partial charge in [0.25, 0.3) is 5.91 Å². The predicted octanol–water partition coefficient (Wildman–Crippen LogP) is 3.67. The van der Waals surface area contributed by atoms with Crippen molar-refractivity contribution in [1.29, 1.82) is 0 Å². The average molecular weight is 274 g/mol. The summed E-state index contributed by atoms with van der Waals surface area (Å²) in [6, 6.07) is 5.86. The maximum Gasteiger partial charge on any atom is 0.251 e. The van der Waals surface area contributed by atoms with Crippen LogP contribution in [0.4, 0.5) is 5.69 Å². The molecule has 1 aromatic rings. The van der Waals surface area contributed by atoms with Gasteiger partial charge in [-0.25, -0.2) is 0 Å².